The van der Waals surface area contributed by atoms with Crippen molar-refractivity contribution < 1.29 is 17.9 Å². The van der Waals surface area contributed by atoms with Crippen molar-refractivity contribution in [3.05, 3.63) is 17.7 Å². The van der Waals surface area contributed by atoms with E-state index in [1.165, 1.54) is 20.3 Å². The molecule has 0 spiro atoms. The molecular formula is C15H24N2O4S. The van der Waals surface area contributed by atoms with E-state index in [2.05, 4.69) is 4.72 Å². The SMILES string of the molecule is COc1cc(C)c(S(=O)(=O)NC2CCCC2CN)cc1OC. The molecule has 2 unspecified atom stereocenters. The van der Waals surface area contributed by atoms with E-state index >= 15 is 0 Å². The highest BCUT2D eigenvalue weighted by atomic mass is 32.2. The summed E-state index contributed by atoms with van der Waals surface area (Å²) in [6, 6.07) is 3.08. The number of rotatable bonds is 6. The summed E-state index contributed by atoms with van der Waals surface area (Å²) in [6.45, 7) is 2.24. The molecule has 2 atom stereocenters. The smallest absolute Gasteiger partial charge is 0.241 e. The third kappa shape index (κ3) is 3.37. The van der Waals surface area contributed by atoms with Gasteiger partial charge in [0.2, 0.25) is 10.0 Å². The van der Waals surface area contributed by atoms with Crippen LogP contribution in [0.15, 0.2) is 17.0 Å². The van der Waals surface area contributed by atoms with Crippen LogP contribution in [0.4, 0.5) is 0 Å². The van der Waals surface area contributed by atoms with Crippen LogP contribution < -0.4 is 19.9 Å². The van der Waals surface area contributed by atoms with Gasteiger partial charge in [-0.3, -0.25) is 0 Å². The van der Waals surface area contributed by atoms with Crippen LogP contribution in [0.2, 0.25) is 0 Å². The van der Waals surface area contributed by atoms with Crippen molar-refractivity contribution in [1.29, 1.82) is 0 Å². The van der Waals surface area contributed by atoms with Crippen LogP contribution in [0.3, 0.4) is 0 Å². The Labute approximate surface area is 132 Å². The van der Waals surface area contributed by atoms with E-state index < -0.39 is 10.0 Å². The largest absolute Gasteiger partial charge is 0.493 e. The van der Waals surface area contributed by atoms with E-state index in [-0.39, 0.29) is 16.9 Å². The average molecular weight is 328 g/mol. The lowest BCUT2D eigenvalue weighted by Crippen LogP contribution is -2.40. The number of hydrogen-bond donors (Lipinski definition) is 2. The molecule has 1 aromatic carbocycles. The lowest BCUT2D eigenvalue weighted by Gasteiger charge is -2.20. The Morgan fingerprint density at radius 1 is 1.23 bits per heavy atom. The molecule has 6 nitrogen and oxygen atoms in total. The number of nitrogens with one attached hydrogen (secondary N) is 1. The molecule has 124 valence electrons. The molecule has 1 aliphatic carbocycles. The fourth-order valence-electron chi connectivity index (χ4n) is 2.99. The lowest BCUT2D eigenvalue weighted by atomic mass is 10.1. The van der Waals surface area contributed by atoms with E-state index in [1.54, 1.807) is 13.0 Å². The van der Waals surface area contributed by atoms with Crippen molar-refractivity contribution in [1.82, 2.24) is 4.72 Å². The number of nitrogens with two attached hydrogens (primary N) is 1. The molecule has 0 aromatic heterocycles. The van der Waals surface area contributed by atoms with Gasteiger partial charge < -0.3 is 15.2 Å². The maximum atomic E-state index is 12.7. The monoisotopic (exact) mass is 328 g/mol. The van der Waals surface area contributed by atoms with E-state index in [9.17, 15) is 8.42 Å². The molecule has 0 heterocycles. The molecular weight excluding hydrogens is 304 g/mol. The molecule has 3 N–H and O–H groups in total. The first-order chi connectivity index (χ1) is 10.4. The van der Waals surface area contributed by atoms with Gasteiger partial charge in [0, 0.05) is 12.1 Å². The topological polar surface area (TPSA) is 90.7 Å². The molecule has 2 rings (SSSR count). The van der Waals surface area contributed by atoms with Crippen molar-refractivity contribution in [3.8, 4) is 11.5 Å². The van der Waals surface area contributed by atoms with Crippen molar-refractivity contribution in [3.63, 3.8) is 0 Å². The second-order valence-corrected chi connectivity index (χ2v) is 7.31. The van der Waals surface area contributed by atoms with Crippen LogP contribution in [-0.2, 0) is 10.0 Å². The fraction of sp³-hybridized carbons (Fsp3) is 0.600. The second-order valence-electron chi connectivity index (χ2n) is 5.63. The molecule has 1 saturated carbocycles. The predicted molar refractivity (Wildman–Crippen MR) is 84.8 cm³/mol. The first-order valence-electron chi connectivity index (χ1n) is 7.38. The summed E-state index contributed by atoms with van der Waals surface area (Å²) in [5, 5.41) is 0. The van der Waals surface area contributed by atoms with Gasteiger partial charge in [0.15, 0.2) is 11.5 Å². The highest BCUT2D eigenvalue weighted by molar-refractivity contribution is 7.89. The molecule has 1 aliphatic rings. The molecule has 22 heavy (non-hydrogen) atoms. The lowest BCUT2D eigenvalue weighted by molar-refractivity contribution is 0.353. The summed E-state index contributed by atoms with van der Waals surface area (Å²) >= 11 is 0. The highest BCUT2D eigenvalue weighted by Gasteiger charge is 2.31. The molecule has 1 fully saturated rings. The van der Waals surface area contributed by atoms with Crippen LogP contribution in [0, 0.1) is 12.8 Å². The van der Waals surface area contributed by atoms with Crippen LogP contribution in [0.1, 0.15) is 24.8 Å². The zero-order valence-electron chi connectivity index (χ0n) is 13.3. The third-order valence-electron chi connectivity index (χ3n) is 4.24. The van der Waals surface area contributed by atoms with Crippen molar-refractivity contribution in [2.24, 2.45) is 11.7 Å². The van der Waals surface area contributed by atoms with Crippen molar-refractivity contribution >= 4 is 10.0 Å². The number of ether oxygens (including phenoxy) is 2. The molecule has 1 aromatic rings. The zero-order valence-corrected chi connectivity index (χ0v) is 14.1. The fourth-order valence-corrected chi connectivity index (χ4v) is 4.57. The quantitative estimate of drug-likeness (QED) is 0.824. The Hall–Kier alpha value is -1.31. The average Bonchev–Trinajstić information content (AvgIpc) is 2.92. The van der Waals surface area contributed by atoms with Crippen LogP contribution in [0.5, 0.6) is 11.5 Å². The summed E-state index contributed by atoms with van der Waals surface area (Å²) in [6.07, 6.45) is 2.79. The van der Waals surface area contributed by atoms with Crippen LogP contribution >= 0.6 is 0 Å². The summed E-state index contributed by atoms with van der Waals surface area (Å²) in [7, 11) is -0.610. The van der Waals surface area contributed by atoms with E-state index in [4.69, 9.17) is 15.2 Å². The molecule has 0 saturated heterocycles. The van der Waals surface area contributed by atoms with Gasteiger partial charge in [-0.2, -0.15) is 0 Å². The first kappa shape index (κ1) is 17.1. The molecule has 0 bridgehead atoms. The number of sulfonamides is 1. The second kappa shape index (κ2) is 6.85. The molecule has 0 radical (unpaired) electrons. The Kier molecular flexibility index (Phi) is 5.31. The minimum Gasteiger partial charge on any atom is -0.493 e. The summed E-state index contributed by atoms with van der Waals surface area (Å²) < 4.78 is 38.6. The normalized spacial score (nSPS) is 21.8. The van der Waals surface area contributed by atoms with E-state index in [1.807, 2.05) is 0 Å². The number of aryl methyl sites for hydroxylation is 1. The van der Waals surface area contributed by atoms with Gasteiger partial charge in [-0.1, -0.05) is 6.42 Å². The standard InChI is InChI=1S/C15H24N2O4S/c1-10-7-13(20-2)14(21-3)8-15(10)22(18,19)17-12-6-4-5-11(12)9-16/h7-8,11-12,17H,4-6,9,16H2,1-3H3. The van der Waals surface area contributed by atoms with Gasteiger partial charge in [0.1, 0.15) is 0 Å². The number of methoxy groups -OCH3 is 2. The Morgan fingerprint density at radius 3 is 2.45 bits per heavy atom. The maximum Gasteiger partial charge on any atom is 0.241 e. The van der Waals surface area contributed by atoms with Gasteiger partial charge in [0.05, 0.1) is 19.1 Å². The Morgan fingerprint density at radius 2 is 1.86 bits per heavy atom. The van der Waals surface area contributed by atoms with Crippen molar-refractivity contribution in [2.75, 3.05) is 20.8 Å². The summed E-state index contributed by atoms with van der Waals surface area (Å²) in [5.74, 6) is 1.12. The highest BCUT2D eigenvalue weighted by Crippen LogP contribution is 2.33. The van der Waals surface area contributed by atoms with Gasteiger partial charge in [-0.15, -0.1) is 0 Å². The third-order valence-corrected chi connectivity index (χ3v) is 5.87. The maximum absolute atomic E-state index is 12.7. The van der Waals surface area contributed by atoms with Crippen LogP contribution in [-0.4, -0.2) is 35.2 Å². The molecule has 0 amide bonds. The van der Waals surface area contributed by atoms with E-state index in [0.29, 0.717) is 23.6 Å². The molecule has 7 heteroatoms. The minimum absolute atomic E-state index is 0.0949. The molecule has 0 aliphatic heterocycles. The van der Waals surface area contributed by atoms with Crippen molar-refractivity contribution in [2.45, 2.75) is 37.1 Å². The van der Waals surface area contributed by atoms with Gasteiger partial charge in [0.25, 0.3) is 0 Å². The predicted octanol–water partition coefficient (Wildman–Crippen LogP) is 1.42. The van der Waals surface area contributed by atoms with Gasteiger partial charge in [-0.05, 0) is 43.9 Å². The van der Waals surface area contributed by atoms with Gasteiger partial charge in [-0.25, -0.2) is 13.1 Å². The number of benzene rings is 1. The minimum atomic E-state index is -3.62. The summed E-state index contributed by atoms with van der Waals surface area (Å²) in [5.41, 5.74) is 6.34. The first-order valence-corrected chi connectivity index (χ1v) is 8.86. The van der Waals surface area contributed by atoms with E-state index in [0.717, 1.165) is 19.3 Å². The number of hydrogen-bond acceptors (Lipinski definition) is 5. The van der Waals surface area contributed by atoms with Crippen LogP contribution in [0.25, 0.3) is 0 Å². The Balaban J connectivity index is 2.33. The Bertz CT molecular complexity index is 631. The zero-order chi connectivity index (χ0) is 16.3. The van der Waals surface area contributed by atoms with Gasteiger partial charge >= 0.3 is 0 Å². The summed E-state index contributed by atoms with van der Waals surface area (Å²) in [4.78, 5) is 0.216.